The minimum Gasteiger partial charge on any atom is -0.329 e. The van der Waals surface area contributed by atoms with Crippen LogP contribution in [0.4, 0.5) is 4.79 Å². The number of rotatable bonds is 1. The first-order valence-electron chi connectivity index (χ1n) is 4.70. The Balaban J connectivity index is 2.24. The van der Waals surface area contributed by atoms with Crippen molar-refractivity contribution in [2.24, 2.45) is 0 Å². The first-order chi connectivity index (χ1) is 6.72. The SMILES string of the molecule is CCc1cnc2n1CCN(C(=O)I)C2. The molecule has 5 heteroatoms. The average molecular weight is 305 g/mol. The summed E-state index contributed by atoms with van der Waals surface area (Å²) in [5, 5.41) is 0. The van der Waals surface area contributed by atoms with Gasteiger partial charge in [-0.1, -0.05) is 6.92 Å². The van der Waals surface area contributed by atoms with Gasteiger partial charge in [-0.3, -0.25) is 4.79 Å². The van der Waals surface area contributed by atoms with Crippen molar-refractivity contribution in [2.45, 2.75) is 26.4 Å². The number of carbonyl (C=O) groups is 1. The van der Waals surface area contributed by atoms with Crippen molar-refractivity contribution in [2.75, 3.05) is 6.54 Å². The van der Waals surface area contributed by atoms with Gasteiger partial charge in [-0.2, -0.15) is 0 Å². The van der Waals surface area contributed by atoms with E-state index in [0.717, 1.165) is 25.3 Å². The molecule has 76 valence electrons. The number of imidazole rings is 1. The van der Waals surface area contributed by atoms with Crippen LogP contribution in [0, 0.1) is 0 Å². The van der Waals surface area contributed by atoms with Crippen molar-refractivity contribution >= 4 is 26.5 Å². The number of nitrogens with zero attached hydrogens (tertiary/aromatic N) is 3. The number of carbonyl (C=O) groups excluding carboxylic acids is 1. The molecule has 2 rings (SSSR count). The summed E-state index contributed by atoms with van der Waals surface area (Å²) in [6.45, 7) is 4.47. The largest absolute Gasteiger partial charge is 0.329 e. The van der Waals surface area contributed by atoms with Crippen LogP contribution in [0.25, 0.3) is 0 Å². The average Bonchev–Trinajstić information content (AvgIpc) is 2.59. The summed E-state index contributed by atoms with van der Waals surface area (Å²) in [6.07, 6.45) is 2.92. The third-order valence-electron chi connectivity index (χ3n) is 2.56. The molecule has 1 aromatic rings. The van der Waals surface area contributed by atoms with Crippen molar-refractivity contribution in [1.29, 1.82) is 0 Å². The van der Waals surface area contributed by atoms with Gasteiger partial charge < -0.3 is 9.47 Å². The van der Waals surface area contributed by atoms with Gasteiger partial charge in [0.05, 0.1) is 6.54 Å². The fourth-order valence-corrected chi connectivity index (χ4v) is 2.17. The Kier molecular flexibility index (Phi) is 2.76. The van der Waals surface area contributed by atoms with E-state index in [1.54, 1.807) is 0 Å². The molecule has 0 fully saturated rings. The summed E-state index contributed by atoms with van der Waals surface area (Å²) < 4.78 is 2.32. The molecule has 1 aliphatic rings. The second-order valence-electron chi connectivity index (χ2n) is 3.35. The predicted molar refractivity (Wildman–Crippen MR) is 61.4 cm³/mol. The van der Waals surface area contributed by atoms with Crippen molar-refractivity contribution in [3.05, 3.63) is 17.7 Å². The summed E-state index contributed by atoms with van der Waals surface area (Å²) >= 11 is 1.83. The van der Waals surface area contributed by atoms with Gasteiger partial charge in [-0.05, 0) is 6.42 Å². The Morgan fingerprint density at radius 1 is 1.64 bits per heavy atom. The fraction of sp³-hybridized carbons (Fsp3) is 0.556. The molecule has 1 aromatic heterocycles. The number of fused-ring (bicyclic) bond motifs is 1. The zero-order valence-corrected chi connectivity index (χ0v) is 10.2. The standard InChI is InChI=1S/C9H12IN3O/c1-2-7-5-11-8-6-12(9(10)14)3-4-13(7)8/h5H,2-4,6H2,1H3. The van der Waals surface area contributed by atoms with Gasteiger partial charge in [-0.15, -0.1) is 0 Å². The minimum atomic E-state index is 0.106. The molecule has 14 heavy (non-hydrogen) atoms. The van der Waals surface area contributed by atoms with Gasteiger partial charge in [-0.25, -0.2) is 4.98 Å². The molecule has 0 N–H and O–H groups in total. The molecule has 4 nitrogen and oxygen atoms in total. The van der Waals surface area contributed by atoms with Crippen LogP contribution < -0.4 is 0 Å². The van der Waals surface area contributed by atoms with Crippen molar-refractivity contribution in [3.8, 4) is 0 Å². The Hall–Kier alpha value is -0.590. The highest BCUT2D eigenvalue weighted by Gasteiger charge is 2.20. The molecular weight excluding hydrogens is 293 g/mol. The molecule has 0 atom stereocenters. The first-order valence-corrected chi connectivity index (χ1v) is 5.78. The zero-order valence-electron chi connectivity index (χ0n) is 8.03. The van der Waals surface area contributed by atoms with Crippen LogP contribution in [0.3, 0.4) is 0 Å². The second-order valence-corrected chi connectivity index (χ2v) is 4.27. The van der Waals surface area contributed by atoms with E-state index in [2.05, 4.69) is 16.5 Å². The second kappa shape index (κ2) is 3.88. The van der Waals surface area contributed by atoms with E-state index in [1.165, 1.54) is 5.69 Å². The van der Waals surface area contributed by atoms with Crippen LogP contribution in [0.15, 0.2) is 6.20 Å². The lowest BCUT2D eigenvalue weighted by Crippen LogP contribution is -2.35. The number of hydrogen-bond donors (Lipinski definition) is 0. The highest BCUT2D eigenvalue weighted by molar-refractivity contribution is 14.1. The lowest BCUT2D eigenvalue weighted by molar-refractivity contribution is 0.209. The fourth-order valence-electron chi connectivity index (χ4n) is 1.76. The quantitative estimate of drug-likeness (QED) is 0.451. The lowest BCUT2D eigenvalue weighted by Gasteiger charge is -2.26. The Bertz CT molecular complexity index is 361. The molecule has 0 radical (unpaired) electrons. The minimum absolute atomic E-state index is 0.106. The summed E-state index contributed by atoms with van der Waals surface area (Å²) in [7, 11) is 0. The summed E-state index contributed by atoms with van der Waals surface area (Å²) in [5.41, 5.74) is 1.26. The number of hydrogen-bond acceptors (Lipinski definition) is 2. The van der Waals surface area contributed by atoms with E-state index in [0.29, 0.717) is 6.54 Å². The molecular formula is C9H12IN3O. The van der Waals surface area contributed by atoms with E-state index >= 15 is 0 Å². The number of halogens is 1. The molecule has 0 saturated heterocycles. The molecule has 0 spiro atoms. The third-order valence-corrected chi connectivity index (χ3v) is 3.24. The highest BCUT2D eigenvalue weighted by atomic mass is 127. The summed E-state index contributed by atoms with van der Waals surface area (Å²) in [6, 6.07) is 0. The van der Waals surface area contributed by atoms with Gasteiger partial charge in [0.25, 0.3) is 3.91 Å². The number of amides is 1. The summed E-state index contributed by atoms with van der Waals surface area (Å²) in [4.78, 5) is 17.3. The van der Waals surface area contributed by atoms with Gasteiger partial charge in [0, 0.05) is 47.6 Å². The molecule has 1 amide bonds. The number of aryl methyl sites for hydroxylation is 1. The first kappa shape index (κ1) is 9.95. The van der Waals surface area contributed by atoms with Crippen LogP contribution in [-0.4, -0.2) is 24.9 Å². The van der Waals surface area contributed by atoms with E-state index < -0.39 is 0 Å². The Morgan fingerprint density at radius 3 is 3.07 bits per heavy atom. The van der Waals surface area contributed by atoms with Gasteiger partial charge in [0.1, 0.15) is 5.82 Å². The molecule has 0 bridgehead atoms. The van der Waals surface area contributed by atoms with Crippen LogP contribution >= 0.6 is 22.6 Å². The van der Waals surface area contributed by atoms with E-state index in [9.17, 15) is 4.79 Å². The third kappa shape index (κ3) is 1.65. The molecule has 0 saturated carbocycles. The molecule has 0 aliphatic carbocycles. The zero-order chi connectivity index (χ0) is 10.1. The van der Waals surface area contributed by atoms with E-state index in [-0.39, 0.29) is 3.91 Å². The van der Waals surface area contributed by atoms with Crippen LogP contribution in [0.1, 0.15) is 18.4 Å². The van der Waals surface area contributed by atoms with Crippen LogP contribution in [-0.2, 0) is 19.5 Å². The molecule has 2 heterocycles. The van der Waals surface area contributed by atoms with Crippen LogP contribution in [0.2, 0.25) is 0 Å². The van der Waals surface area contributed by atoms with Crippen LogP contribution in [0.5, 0.6) is 0 Å². The van der Waals surface area contributed by atoms with E-state index in [4.69, 9.17) is 0 Å². The van der Waals surface area contributed by atoms with Gasteiger partial charge >= 0.3 is 0 Å². The van der Waals surface area contributed by atoms with Crippen molar-refractivity contribution < 1.29 is 4.79 Å². The maximum absolute atomic E-state index is 11.2. The Morgan fingerprint density at radius 2 is 2.43 bits per heavy atom. The highest BCUT2D eigenvalue weighted by Crippen LogP contribution is 2.16. The van der Waals surface area contributed by atoms with E-state index in [1.807, 2.05) is 33.7 Å². The maximum Gasteiger partial charge on any atom is 0.283 e. The summed E-state index contributed by atoms with van der Waals surface area (Å²) in [5.74, 6) is 1.01. The molecule has 0 unspecified atom stereocenters. The number of aromatic nitrogens is 2. The lowest BCUT2D eigenvalue weighted by atomic mass is 10.3. The van der Waals surface area contributed by atoms with Gasteiger partial charge in [0.15, 0.2) is 0 Å². The van der Waals surface area contributed by atoms with Crippen molar-refractivity contribution in [1.82, 2.24) is 14.5 Å². The topological polar surface area (TPSA) is 38.1 Å². The predicted octanol–water partition coefficient (Wildman–Crippen LogP) is 1.82. The monoisotopic (exact) mass is 305 g/mol. The molecule has 0 aromatic carbocycles. The normalized spacial score (nSPS) is 15.4. The molecule has 1 aliphatic heterocycles. The smallest absolute Gasteiger partial charge is 0.283 e. The van der Waals surface area contributed by atoms with Crippen molar-refractivity contribution in [3.63, 3.8) is 0 Å². The van der Waals surface area contributed by atoms with Gasteiger partial charge in [0.2, 0.25) is 0 Å². The Labute approximate surface area is 96.4 Å². The maximum atomic E-state index is 11.2.